The van der Waals surface area contributed by atoms with Gasteiger partial charge in [0.15, 0.2) is 6.20 Å². The van der Waals surface area contributed by atoms with E-state index in [9.17, 15) is 0 Å². The second-order valence-corrected chi connectivity index (χ2v) is 12.2. The highest BCUT2D eigenvalue weighted by molar-refractivity contribution is 8.02. The Labute approximate surface area is 212 Å². The fraction of sp³-hybridized carbons (Fsp3) is 0.219. The molecular weight excluding hydrogens is 441 g/mol. The molecule has 0 saturated heterocycles. The van der Waals surface area contributed by atoms with E-state index in [-0.39, 0.29) is 5.41 Å². The monoisotopic (exact) mass is 470 g/mol. The molecule has 1 nitrogen and oxygen atoms in total. The zero-order valence-electron chi connectivity index (χ0n) is 20.7. The van der Waals surface area contributed by atoms with Crippen molar-refractivity contribution in [3.8, 4) is 0 Å². The van der Waals surface area contributed by atoms with Gasteiger partial charge in [0, 0.05) is 27.4 Å². The Bertz CT molecular complexity index is 1650. The van der Waals surface area contributed by atoms with Gasteiger partial charge in [-0.3, -0.25) is 0 Å². The first-order valence-corrected chi connectivity index (χ1v) is 13.5. The van der Waals surface area contributed by atoms with Gasteiger partial charge in [-0.15, -0.1) is 11.8 Å². The number of benzene rings is 4. The van der Waals surface area contributed by atoms with Crippen LogP contribution in [0.5, 0.6) is 0 Å². The van der Waals surface area contributed by atoms with Crippen LogP contribution in [0, 0.1) is 6.92 Å². The predicted molar refractivity (Wildman–Crippen MR) is 151 cm³/mol. The molecule has 0 amide bonds. The van der Waals surface area contributed by atoms with Gasteiger partial charge in [-0.2, -0.15) is 0 Å². The Kier molecular flexibility index (Phi) is 4.54. The Morgan fingerprint density at radius 1 is 0.829 bits per heavy atom. The SMILES string of the molecule is Cc1cc2ccccc2c2c1B(c1cc3ccccc3c[n+]1C)C1Sc3ccccc3C1C2(C)C. The molecule has 0 fully saturated rings. The topological polar surface area (TPSA) is 3.88 Å². The van der Waals surface area contributed by atoms with E-state index in [4.69, 9.17) is 0 Å². The molecule has 3 heteroatoms. The smallest absolute Gasteiger partial charge is 0.213 e. The maximum atomic E-state index is 2.49. The average Bonchev–Trinajstić information content (AvgIpc) is 3.25. The average molecular weight is 470 g/mol. The molecule has 5 aromatic rings. The largest absolute Gasteiger partial charge is 0.308 e. The standard InChI is InChI=1S/C32H29BNS/c1-20-17-22-12-7-8-14-24(22)28-30(20)33(27-18-21-11-5-6-13-23(21)19-34(27)4)31-29(32(28,2)3)25-15-9-10-16-26(25)35-31/h5-19,29,31H,1-4H3/q+1. The second-order valence-electron chi connectivity index (χ2n) is 10.9. The van der Waals surface area contributed by atoms with Crippen LogP contribution in [-0.2, 0) is 12.5 Å². The number of hydrogen-bond donors (Lipinski definition) is 0. The maximum Gasteiger partial charge on any atom is 0.308 e. The van der Waals surface area contributed by atoms with E-state index in [1.807, 2.05) is 0 Å². The summed E-state index contributed by atoms with van der Waals surface area (Å²) in [6.45, 7) is 7.64. The number of aromatic nitrogens is 1. The lowest BCUT2D eigenvalue weighted by atomic mass is 9.30. The van der Waals surface area contributed by atoms with Crippen LogP contribution in [0.1, 0.15) is 36.5 Å². The quantitative estimate of drug-likeness (QED) is 0.221. The molecule has 3 heterocycles. The zero-order valence-corrected chi connectivity index (χ0v) is 21.6. The van der Waals surface area contributed by atoms with Crippen molar-refractivity contribution < 1.29 is 4.57 Å². The number of aryl methyl sites for hydroxylation is 2. The van der Waals surface area contributed by atoms with E-state index in [2.05, 4.69) is 135 Å². The van der Waals surface area contributed by atoms with Crippen molar-refractivity contribution >= 4 is 51.1 Å². The molecule has 2 unspecified atom stereocenters. The number of fused-ring (bicyclic) bond motifs is 7. The molecule has 4 aromatic carbocycles. The predicted octanol–water partition coefficient (Wildman–Crippen LogP) is 5.82. The molecule has 2 aliphatic rings. The highest BCUT2D eigenvalue weighted by atomic mass is 32.2. The molecule has 1 aromatic heterocycles. The van der Waals surface area contributed by atoms with Crippen molar-refractivity contribution in [2.75, 3.05) is 0 Å². The zero-order chi connectivity index (χ0) is 23.9. The summed E-state index contributed by atoms with van der Waals surface area (Å²) >= 11 is 2.10. The first-order valence-electron chi connectivity index (χ1n) is 12.6. The van der Waals surface area contributed by atoms with Crippen molar-refractivity contribution in [3.05, 3.63) is 108 Å². The summed E-state index contributed by atoms with van der Waals surface area (Å²) in [5.74, 6) is 0.456. The minimum absolute atomic E-state index is 0.0249. The molecule has 0 aliphatic carbocycles. The molecule has 0 saturated carbocycles. The molecule has 0 radical (unpaired) electrons. The Morgan fingerprint density at radius 3 is 2.34 bits per heavy atom. The lowest BCUT2D eigenvalue weighted by Crippen LogP contribution is -2.68. The van der Waals surface area contributed by atoms with Crippen molar-refractivity contribution in [1.82, 2.24) is 0 Å². The van der Waals surface area contributed by atoms with Crippen LogP contribution in [0.4, 0.5) is 0 Å². The van der Waals surface area contributed by atoms with Gasteiger partial charge in [0.2, 0.25) is 0 Å². The van der Waals surface area contributed by atoms with Crippen LogP contribution < -0.4 is 15.6 Å². The lowest BCUT2D eigenvalue weighted by Gasteiger charge is -2.45. The van der Waals surface area contributed by atoms with Crippen LogP contribution in [0.15, 0.2) is 96.0 Å². The molecule has 2 aliphatic heterocycles. The summed E-state index contributed by atoms with van der Waals surface area (Å²) < 4.78 is 2.39. The summed E-state index contributed by atoms with van der Waals surface area (Å²) in [7, 11) is 2.24. The molecular formula is C32H29BNS+. The van der Waals surface area contributed by atoms with Gasteiger partial charge in [0.25, 0.3) is 0 Å². The minimum atomic E-state index is 0.0249. The van der Waals surface area contributed by atoms with Crippen molar-refractivity contribution in [3.63, 3.8) is 0 Å². The Balaban J connectivity index is 1.60. The normalized spacial score (nSPS) is 20.1. The van der Waals surface area contributed by atoms with E-state index in [1.54, 1.807) is 11.0 Å². The van der Waals surface area contributed by atoms with Crippen molar-refractivity contribution in [1.29, 1.82) is 0 Å². The molecule has 2 atom stereocenters. The van der Waals surface area contributed by atoms with Crippen molar-refractivity contribution in [2.24, 2.45) is 7.05 Å². The third kappa shape index (κ3) is 2.94. The third-order valence-electron chi connectivity index (χ3n) is 8.56. The van der Waals surface area contributed by atoms with Gasteiger partial charge in [-0.1, -0.05) is 91.6 Å². The number of nitrogens with zero attached hydrogens (tertiary/aromatic N) is 1. The summed E-state index contributed by atoms with van der Waals surface area (Å²) in [6.07, 6.45) is 2.32. The van der Waals surface area contributed by atoms with E-state index in [0.29, 0.717) is 17.8 Å². The number of rotatable bonds is 1. The number of pyridine rings is 1. The Hall–Kier alpha value is -3.04. The van der Waals surface area contributed by atoms with Crippen LogP contribution >= 0.6 is 11.8 Å². The highest BCUT2D eigenvalue weighted by Gasteiger charge is 2.57. The second kappa shape index (κ2) is 7.48. The molecule has 0 spiro atoms. The van der Waals surface area contributed by atoms with Gasteiger partial charge < -0.3 is 0 Å². The fourth-order valence-electron chi connectivity index (χ4n) is 7.14. The van der Waals surface area contributed by atoms with E-state index in [1.165, 1.54) is 43.2 Å². The van der Waals surface area contributed by atoms with Gasteiger partial charge in [-0.25, -0.2) is 4.57 Å². The fourth-order valence-corrected chi connectivity index (χ4v) is 8.96. The first-order chi connectivity index (χ1) is 16.9. The van der Waals surface area contributed by atoms with Gasteiger partial charge in [-0.05, 0) is 51.8 Å². The highest BCUT2D eigenvalue weighted by Crippen LogP contribution is 2.57. The maximum absolute atomic E-state index is 2.49. The third-order valence-corrected chi connectivity index (χ3v) is 10.0. The van der Waals surface area contributed by atoms with Crippen molar-refractivity contribution in [2.45, 2.75) is 42.1 Å². The summed E-state index contributed by atoms with van der Waals surface area (Å²) in [4.78, 5) is 1.46. The molecule has 170 valence electrons. The van der Waals surface area contributed by atoms with Crippen LogP contribution in [0.3, 0.4) is 0 Å². The molecule has 7 rings (SSSR count). The van der Waals surface area contributed by atoms with Gasteiger partial charge in [0.1, 0.15) is 12.6 Å². The van der Waals surface area contributed by atoms with E-state index < -0.39 is 0 Å². The molecule has 0 N–H and O–H groups in total. The summed E-state index contributed by atoms with van der Waals surface area (Å²) in [6, 6.07) is 31.8. The molecule has 35 heavy (non-hydrogen) atoms. The number of hydrogen-bond acceptors (Lipinski definition) is 1. The van der Waals surface area contributed by atoms with Crippen LogP contribution in [0.2, 0.25) is 0 Å². The summed E-state index contributed by atoms with van der Waals surface area (Å²) in [5, 5.41) is 5.85. The van der Waals surface area contributed by atoms with E-state index >= 15 is 0 Å². The van der Waals surface area contributed by atoms with Crippen LogP contribution in [-0.4, -0.2) is 11.9 Å². The van der Waals surface area contributed by atoms with Crippen LogP contribution in [0.25, 0.3) is 21.5 Å². The van der Waals surface area contributed by atoms with E-state index in [0.717, 1.165) is 0 Å². The Morgan fingerprint density at radius 2 is 1.51 bits per heavy atom. The number of thioether (sulfide) groups is 1. The first kappa shape index (κ1) is 21.3. The van der Waals surface area contributed by atoms with Gasteiger partial charge in [0.05, 0.1) is 0 Å². The summed E-state index contributed by atoms with van der Waals surface area (Å²) in [5.41, 5.74) is 7.47. The molecule has 0 bridgehead atoms. The minimum Gasteiger partial charge on any atom is -0.213 e. The lowest BCUT2D eigenvalue weighted by molar-refractivity contribution is -0.652. The van der Waals surface area contributed by atoms with Gasteiger partial charge >= 0.3 is 6.71 Å².